The Hall–Kier alpha value is -0.830. The Kier molecular flexibility index (Phi) is 1.65. The number of nitrogens with one attached hydrogen (secondary N) is 2. The van der Waals surface area contributed by atoms with Gasteiger partial charge < -0.3 is 10.3 Å². The highest BCUT2D eigenvalue weighted by atomic mass is 15.0. The summed E-state index contributed by atoms with van der Waals surface area (Å²) in [5.41, 5.74) is 2.75. The topological polar surface area (TPSA) is 40.7 Å². The third-order valence-corrected chi connectivity index (χ3v) is 3.14. The number of aromatic amines is 1. The fourth-order valence-electron chi connectivity index (χ4n) is 2.15. The van der Waals surface area contributed by atoms with E-state index in [9.17, 15) is 0 Å². The fourth-order valence-corrected chi connectivity index (χ4v) is 2.15. The summed E-state index contributed by atoms with van der Waals surface area (Å²) in [5.74, 6) is 1.89. The smallest absolute Gasteiger partial charge is 0.112 e. The van der Waals surface area contributed by atoms with Crippen LogP contribution in [-0.4, -0.2) is 23.1 Å². The van der Waals surface area contributed by atoms with E-state index in [1.54, 1.807) is 0 Å². The van der Waals surface area contributed by atoms with Crippen LogP contribution in [0.2, 0.25) is 0 Å². The lowest BCUT2D eigenvalue weighted by Crippen LogP contribution is -2.40. The second kappa shape index (κ2) is 2.84. The van der Waals surface area contributed by atoms with E-state index in [1.807, 2.05) is 0 Å². The summed E-state index contributed by atoms with van der Waals surface area (Å²) >= 11 is 0. The number of nitrogens with zero attached hydrogens (tertiary/aromatic N) is 1. The quantitative estimate of drug-likeness (QED) is 0.671. The predicted octanol–water partition coefficient (Wildman–Crippen LogP) is 0.975. The molecule has 0 spiro atoms. The van der Waals surface area contributed by atoms with Crippen molar-refractivity contribution < 1.29 is 0 Å². The summed E-state index contributed by atoms with van der Waals surface area (Å²) in [6.07, 6.45) is 5.05. The zero-order valence-corrected chi connectivity index (χ0v) is 7.77. The van der Waals surface area contributed by atoms with Crippen molar-refractivity contribution in [3.63, 3.8) is 0 Å². The number of hydrogen-bond donors (Lipinski definition) is 2. The molecule has 3 heteroatoms. The number of aryl methyl sites for hydroxylation is 2. The molecule has 0 bridgehead atoms. The molecule has 1 fully saturated rings. The first-order valence-electron chi connectivity index (χ1n) is 5.22. The van der Waals surface area contributed by atoms with Crippen LogP contribution in [0.4, 0.5) is 0 Å². The van der Waals surface area contributed by atoms with Gasteiger partial charge in [0.1, 0.15) is 5.82 Å². The van der Waals surface area contributed by atoms with Gasteiger partial charge in [0.05, 0.1) is 5.69 Å². The van der Waals surface area contributed by atoms with Gasteiger partial charge in [-0.1, -0.05) is 0 Å². The van der Waals surface area contributed by atoms with Crippen LogP contribution in [0, 0.1) is 0 Å². The molecule has 70 valence electrons. The summed E-state index contributed by atoms with van der Waals surface area (Å²) in [4.78, 5) is 8.16. The normalized spacial score (nSPS) is 22.5. The fraction of sp³-hybridized carbons (Fsp3) is 0.700. The van der Waals surface area contributed by atoms with Crippen molar-refractivity contribution in [1.82, 2.24) is 15.3 Å². The van der Waals surface area contributed by atoms with Gasteiger partial charge in [-0.2, -0.15) is 0 Å². The van der Waals surface area contributed by atoms with Crippen molar-refractivity contribution in [3.8, 4) is 0 Å². The number of imidazole rings is 1. The average Bonchev–Trinajstić information content (AvgIpc) is 2.43. The molecule has 0 radical (unpaired) electrons. The third-order valence-electron chi connectivity index (χ3n) is 3.14. The molecule has 1 aromatic rings. The summed E-state index contributed by atoms with van der Waals surface area (Å²) in [7, 11) is 0. The van der Waals surface area contributed by atoms with Crippen molar-refractivity contribution in [2.45, 2.75) is 31.6 Å². The highest BCUT2D eigenvalue weighted by molar-refractivity contribution is 5.20. The maximum Gasteiger partial charge on any atom is 0.112 e. The van der Waals surface area contributed by atoms with E-state index >= 15 is 0 Å². The van der Waals surface area contributed by atoms with Crippen LogP contribution < -0.4 is 5.32 Å². The van der Waals surface area contributed by atoms with Crippen LogP contribution in [-0.2, 0) is 12.8 Å². The van der Waals surface area contributed by atoms with E-state index in [-0.39, 0.29) is 0 Å². The third kappa shape index (κ3) is 1.18. The van der Waals surface area contributed by atoms with Gasteiger partial charge >= 0.3 is 0 Å². The highest BCUT2D eigenvalue weighted by Gasteiger charge is 2.24. The lowest BCUT2D eigenvalue weighted by molar-refractivity contribution is 0.432. The molecule has 1 saturated heterocycles. The molecule has 2 heterocycles. The SMILES string of the molecule is C1CCc2[nH]c(C3CNC3)nc2C1. The van der Waals surface area contributed by atoms with Crippen molar-refractivity contribution in [2.75, 3.05) is 13.1 Å². The Morgan fingerprint density at radius 3 is 2.69 bits per heavy atom. The van der Waals surface area contributed by atoms with Crippen molar-refractivity contribution in [3.05, 3.63) is 17.2 Å². The molecule has 3 rings (SSSR count). The lowest BCUT2D eigenvalue weighted by Gasteiger charge is -2.24. The molecule has 13 heavy (non-hydrogen) atoms. The van der Waals surface area contributed by atoms with Gasteiger partial charge in [-0.3, -0.25) is 0 Å². The minimum absolute atomic E-state index is 0.658. The molecule has 3 nitrogen and oxygen atoms in total. The minimum atomic E-state index is 0.658. The summed E-state index contributed by atoms with van der Waals surface area (Å²) < 4.78 is 0. The maximum atomic E-state index is 4.68. The van der Waals surface area contributed by atoms with Crippen LogP contribution in [0.25, 0.3) is 0 Å². The van der Waals surface area contributed by atoms with Crippen LogP contribution in [0.15, 0.2) is 0 Å². The zero-order valence-electron chi connectivity index (χ0n) is 7.77. The Morgan fingerprint density at radius 2 is 2.00 bits per heavy atom. The maximum absolute atomic E-state index is 4.68. The van der Waals surface area contributed by atoms with Crippen molar-refractivity contribution >= 4 is 0 Å². The van der Waals surface area contributed by atoms with Gasteiger partial charge in [0.2, 0.25) is 0 Å². The molecule has 1 aliphatic heterocycles. The summed E-state index contributed by atoms with van der Waals surface area (Å²) in [6.45, 7) is 2.21. The Bertz CT molecular complexity index is 288. The first-order chi connectivity index (χ1) is 6.43. The van der Waals surface area contributed by atoms with Crippen molar-refractivity contribution in [2.24, 2.45) is 0 Å². The summed E-state index contributed by atoms with van der Waals surface area (Å²) in [5, 5.41) is 3.28. The first-order valence-corrected chi connectivity index (χ1v) is 5.22. The monoisotopic (exact) mass is 177 g/mol. The Morgan fingerprint density at radius 1 is 1.15 bits per heavy atom. The number of H-pyrrole nitrogens is 1. The zero-order chi connectivity index (χ0) is 8.67. The molecule has 0 aromatic carbocycles. The van der Waals surface area contributed by atoms with Crippen LogP contribution in [0.5, 0.6) is 0 Å². The van der Waals surface area contributed by atoms with Gasteiger partial charge in [-0.15, -0.1) is 0 Å². The van der Waals surface area contributed by atoms with E-state index in [0.29, 0.717) is 5.92 Å². The number of rotatable bonds is 1. The van der Waals surface area contributed by atoms with E-state index in [2.05, 4.69) is 15.3 Å². The summed E-state index contributed by atoms with van der Waals surface area (Å²) in [6, 6.07) is 0. The predicted molar refractivity (Wildman–Crippen MR) is 50.8 cm³/mol. The van der Waals surface area contributed by atoms with Gasteiger partial charge in [0.25, 0.3) is 0 Å². The Labute approximate surface area is 78.0 Å². The van der Waals surface area contributed by atoms with Crippen LogP contribution >= 0.6 is 0 Å². The van der Waals surface area contributed by atoms with Crippen molar-refractivity contribution in [1.29, 1.82) is 0 Å². The molecular weight excluding hydrogens is 162 g/mol. The molecule has 0 amide bonds. The Balaban J connectivity index is 1.90. The number of aromatic nitrogens is 2. The number of fused-ring (bicyclic) bond motifs is 1. The average molecular weight is 177 g/mol. The van der Waals surface area contributed by atoms with Crippen LogP contribution in [0.3, 0.4) is 0 Å². The molecular formula is C10H15N3. The highest BCUT2D eigenvalue weighted by Crippen LogP contribution is 2.23. The van der Waals surface area contributed by atoms with E-state index in [0.717, 1.165) is 13.1 Å². The second-order valence-electron chi connectivity index (χ2n) is 4.11. The molecule has 1 aromatic heterocycles. The molecule has 0 atom stereocenters. The van der Waals surface area contributed by atoms with Gasteiger partial charge in [0.15, 0.2) is 0 Å². The van der Waals surface area contributed by atoms with Gasteiger partial charge in [0, 0.05) is 24.7 Å². The largest absolute Gasteiger partial charge is 0.345 e. The van der Waals surface area contributed by atoms with Gasteiger partial charge in [-0.05, 0) is 25.7 Å². The molecule has 0 saturated carbocycles. The second-order valence-corrected chi connectivity index (χ2v) is 4.11. The molecule has 0 unspecified atom stereocenters. The van der Waals surface area contributed by atoms with E-state index < -0.39 is 0 Å². The first kappa shape index (κ1) is 7.56. The minimum Gasteiger partial charge on any atom is -0.345 e. The van der Waals surface area contributed by atoms with E-state index in [1.165, 1.54) is 42.9 Å². The lowest BCUT2D eigenvalue weighted by atomic mass is 10.0. The molecule has 2 N–H and O–H groups in total. The number of hydrogen-bond acceptors (Lipinski definition) is 2. The molecule has 2 aliphatic rings. The van der Waals surface area contributed by atoms with Crippen LogP contribution in [0.1, 0.15) is 36.0 Å². The van der Waals surface area contributed by atoms with E-state index in [4.69, 9.17) is 0 Å². The standard InChI is InChI=1S/C10H15N3/c1-2-4-9-8(3-1)12-10(13-9)7-5-11-6-7/h7,11H,1-6H2,(H,12,13). The van der Waals surface area contributed by atoms with Gasteiger partial charge in [-0.25, -0.2) is 4.98 Å². The molecule has 1 aliphatic carbocycles.